The average molecular weight is 443 g/mol. The second-order valence-electron chi connectivity index (χ2n) is 6.38. The van der Waals surface area contributed by atoms with E-state index in [0.717, 1.165) is 12.1 Å². The molecule has 0 radical (unpaired) electrons. The van der Waals surface area contributed by atoms with Gasteiger partial charge in [0.15, 0.2) is 0 Å². The van der Waals surface area contributed by atoms with Crippen LogP contribution in [-0.2, 0) is 14.8 Å². The number of nitrogens with one attached hydrogen (secondary N) is 1. The molecule has 154 valence electrons. The van der Waals surface area contributed by atoms with Crippen molar-refractivity contribution < 1.29 is 22.5 Å². The minimum atomic E-state index is -3.83. The number of hydrogen-bond acceptors (Lipinski definition) is 6. The number of halogens is 2. The number of pyridine rings is 1. The fraction of sp³-hybridized carbons (Fsp3) is 0.294. The molecule has 0 aliphatic carbocycles. The maximum atomic E-state index is 13.4. The standard InChI is InChI=1S/C17H16ClFN4O5S/c18-16-15(2-1-7-20-16)29(27,28)22-8-5-11(6-9-22)17(24)21-12-3-4-13(19)14(10-12)23(25)26/h1-4,7,10-11H,5-6,8-9H2,(H,21,24). The first-order chi connectivity index (χ1) is 13.7. The Morgan fingerprint density at radius 3 is 2.62 bits per heavy atom. The molecule has 3 rings (SSSR count). The number of hydrogen-bond donors (Lipinski definition) is 1. The summed E-state index contributed by atoms with van der Waals surface area (Å²) in [6, 6.07) is 5.91. The molecular formula is C17H16ClFN4O5S. The predicted octanol–water partition coefficient (Wildman–Crippen LogP) is 2.82. The molecule has 1 fully saturated rings. The lowest BCUT2D eigenvalue weighted by atomic mass is 9.97. The smallest absolute Gasteiger partial charge is 0.306 e. The summed E-state index contributed by atoms with van der Waals surface area (Å²) in [5.74, 6) is -1.90. The maximum absolute atomic E-state index is 13.4. The van der Waals surface area contributed by atoms with Crippen LogP contribution in [0.2, 0.25) is 5.15 Å². The molecular weight excluding hydrogens is 427 g/mol. The summed E-state index contributed by atoms with van der Waals surface area (Å²) < 4.78 is 40.1. The Morgan fingerprint density at radius 1 is 1.31 bits per heavy atom. The highest BCUT2D eigenvalue weighted by molar-refractivity contribution is 7.89. The van der Waals surface area contributed by atoms with Crippen LogP contribution in [0.25, 0.3) is 0 Å². The second kappa shape index (κ2) is 8.39. The monoisotopic (exact) mass is 442 g/mol. The molecule has 0 spiro atoms. The molecule has 1 N–H and O–H groups in total. The highest BCUT2D eigenvalue weighted by Crippen LogP contribution is 2.28. The minimum absolute atomic E-state index is 0.0943. The van der Waals surface area contributed by atoms with Gasteiger partial charge < -0.3 is 5.32 Å². The molecule has 0 atom stereocenters. The zero-order chi connectivity index (χ0) is 21.2. The number of carbonyl (C=O) groups is 1. The van der Waals surface area contributed by atoms with Gasteiger partial charge in [-0.3, -0.25) is 14.9 Å². The summed E-state index contributed by atoms with van der Waals surface area (Å²) in [6.45, 7) is 0.213. The van der Waals surface area contributed by atoms with Crippen molar-refractivity contribution in [2.24, 2.45) is 5.92 Å². The van der Waals surface area contributed by atoms with Gasteiger partial charge in [0.05, 0.1) is 4.92 Å². The number of carbonyl (C=O) groups excluding carboxylic acids is 1. The van der Waals surface area contributed by atoms with Crippen LogP contribution in [0.4, 0.5) is 15.8 Å². The number of nitro groups is 1. The number of nitrogens with zero attached hydrogens (tertiary/aromatic N) is 3. The molecule has 1 saturated heterocycles. The highest BCUT2D eigenvalue weighted by atomic mass is 35.5. The van der Waals surface area contributed by atoms with E-state index < -0.39 is 38.3 Å². The first kappa shape index (κ1) is 21.1. The lowest BCUT2D eigenvalue weighted by molar-refractivity contribution is -0.387. The van der Waals surface area contributed by atoms with Gasteiger partial charge in [0.2, 0.25) is 21.7 Å². The van der Waals surface area contributed by atoms with Crippen LogP contribution < -0.4 is 5.32 Å². The summed E-state index contributed by atoms with van der Waals surface area (Å²) in [4.78, 5) is 26.1. The summed E-state index contributed by atoms with van der Waals surface area (Å²) in [7, 11) is -3.83. The van der Waals surface area contributed by atoms with Gasteiger partial charge in [0.25, 0.3) is 0 Å². The summed E-state index contributed by atoms with van der Waals surface area (Å²) >= 11 is 5.89. The highest BCUT2D eigenvalue weighted by Gasteiger charge is 2.33. The number of amides is 1. The van der Waals surface area contributed by atoms with E-state index in [1.165, 1.54) is 28.7 Å². The largest absolute Gasteiger partial charge is 0.326 e. The second-order valence-corrected chi connectivity index (χ2v) is 8.65. The lowest BCUT2D eigenvalue weighted by Crippen LogP contribution is -2.41. The quantitative estimate of drug-likeness (QED) is 0.431. The molecule has 2 aromatic rings. The lowest BCUT2D eigenvalue weighted by Gasteiger charge is -2.30. The first-order valence-electron chi connectivity index (χ1n) is 8.55. The van der Waals surface area contributed by atoms with Gasteiger partial charge in [-0.05, 0) is 37.1 Å². The molecule has 29 heavy (non-hydrogen) atoms. The van der Waals surface area contributed by atoms with E-state index in [2.05, 4.69) is 10.3 Å². The number of benzene rings is 1. The zero-order valence-electron chi connectivity index (χ0n) is 14.9. The number of aromatic nitrogens is 1. The number of piperidine rings is 1. The maximum Gasteiger partial charge on any atom is 0.306 e. The van der Waals surface area contributed by atoms with Crippen LogP contribution in [-0.4, -0.2) is 41.6 Å². The van der Waals surface area contributed by atoms with Crippen LogP contribution in [0.5, 0.6) is 0 Å². The average Bonchev–Trinajstić information content (AvgIpc) is 2.69. The van der Waals surface area contributed by atoms with Crippen molar-refractivity contribution in [1.29, 1.82) is 0 Å². The van der Waals surface area contributed by atoms with Gasteiger partial charge in [-0.2, -0.15) is 8.70 Å². The van der Waals surface area contributed by atoms with Gasteiger partial charge in [-0.25, -0.2) is 13.4 Å². The minimum Gasteiger partial charge on any atom is -0.326 e. The molecule has 0 saturated carbocycles. The fourth-order valence-electron chi connectivity index (χ4n) is 3.04. The Labute approximate surface area is 170 Å². The van der Waals surface area contributed by atoms with Gasteiger partial charge in [0, 0.05) is 37.0 Å². The van der Waals surface area contributed by atoms with Crippen molar-refractivity contribution in [3.63, 3.8) is 0 Å². The molecule has 12 heteroatoms. The van der Waals surface area contributed by atoms with Crippen molar-refractivity contribution >= 4 is 38.9 Å². The van der Waals surface area contributed by atoms with Crippen molar-refractivity contribution in [1.82, 2.24) is 9.29 Å². The van der Waals surface area contributed by atoms with Gasteiger partial charge >= 0.3 is 5.69 Å². The Bertz CT molecular complexity index is 1060. The van der Waals surface area contributed by atoms with Crippen LogP contribution in [0.15, 0.2) is 41.4 Å². The first-order valence-corrected chi connectivity index (χ1v) is 10.4. The molecule has 0 unspecified atom stereocenters. The van der Waals surface area contributed by atoms with Crippen LogP contribution in [0, 0.1) is 21.8 Å². The number of anilines is 1. The third-order valence-electron chi connectivity index (χ3n) is 4.58. The molecule has 0 bridgehead atoms. The van der Waals surface area contributed by atoms with Crippen molar-refractivity contribution in [2.75, 3.05) is 18.4 Å². The molecule has 1 aromatic heterocycles. The Hall–Kier alpha value is -2.63. The van der Waals surface area contributed by atoms with E-state index in [-0.39, 0.29) is 41.7 Å². The molecule has 1 aliphatic rings. The fourth-order valence-corrected chi connectivity index (χ4v) is 4.93. The third-order valence-corrected chi connectivity index (χ3v) is 6.92. The normalized spacial score (nSPS) is 15.8. The van der Waals surface area contributed by atoms with Gasteiger partial charge in [0.1, 0.15) is 10.0 Å². The molecule has 1 amide bonds. The van der Waals surface area contributed by atoms with Crippen LogP contribution >= 0.6 is 11.6 Å². The third kappa shape index (κ3) is 4.52. The van der Waals surface area contributed by atoms with Gasteiger partial charge in [-0.1, -0.05) is 11.6 Å². The van der Waals surface area contributed by atoms with Crippen molar-refractivity contribution in [3.05, 3.63) is 57.6 Å². The van der Waals surface area contributed by atoms with Crippen LogP contribution in [0.1, 0.15) is 12.8 Å². The number of sulfonamides is 1. The molecule has 2 heterocycles. The topological polar surface area (TPSA) is 123 Å². The molecule has 9 nitrogen and oxygen atoms in total. The summed E-state index contributed by atoms with van der Waals surface area (Å²) in [5, 5.41) is 13.2. The van der Waals surface area contributed by atoms with E-state index in [1.807, 2.05) is 0 Å². The SMILES string of the molecule is O=C(Nc1ccc(F)c([N+](=O)[O-])c1)C1CCN(S(=O)(=O)c2cccnc2Cl)CC1. The Balaban J connectivity index is 1.65. The number of nitro benzene ring substituents is 1. The number of rotatable bonds is 5. The zero-order valence-corrected chi connectivity index (χ0v) is 16.5. The van der Waals surface area contributed by atoms with E-state index in [0.29, 0.717) is 0 Å². The van der Waals surface area contributed by atoms with Gasteiger partial charge in [-0.15, -0.1) is 0 Å². The summed E-state index contributed by atoms with van der Waals surface area (Å²) in [6.07, 6.45) is 1.90. The molecule has 1 aromatic carbocycles. The van der Waals surface area contributed by atoms with E-state index in [4.69, 9.17) is 11.6 Å². The molecule has 1 aliphatic heterocycles. The Kier molecular flexibility index (Phi) is 6.10. The predicted molar refractivity (Wildman–Crippen MR) is 102 cm³/mol. The summed E-state index contributed by atoms with van der Waals surface area (Å²) in [5.41, 5.74) is -0.641. The van der Waals surface area contributed by atoms with E-state index >= 15 is 0 Å². The van der Waals surface area contributed by atoms with Crippen molar-refractivity contribution in [2.45, 2.75) is 17.7 Å². The van der Waals surface area contributed by atoms with E-state index in [1.54, 1.807) is 0 Å². The van der Waals surface area contributed by atoms with Crippen LogP contribution in [0.3, 0.4) is 0 Å². The van der Waals surface area contributed by atoms with Crippen molar-refractivity contribution in [3.8, 4) is 0 Å². The van der Waals surface area contributed by atoms with E-state index in [9.17, 15) is 27.7 Å². The Morgan fingerprint density at radius 2 is 2.00 bits per heavy atom.